The van der Waals surface area contributed by atoms with Crippen molar-refractivity contribution in [3.8, 4) is 34.4 Å². The maximum Gasteiger partial charge on any atom is 0.387 e. The average molecular weight is 436 g/mol. The van der Waals surface area contributed by atoms with Crippen LogP contribution in [0.15, 0.2) is 40.9 Å². The van der Waals surface area contributed by atoms with Gasteiger partial charge in [0.1, 0.15) is 11.5 Å². The topological polar surface area (TPSA) is 102 Å². The molecule has 0 atom stereocenters. The van der Waals surface area contributed by atoms with E-state index < -0.39 is 12.6 Å². The number of aromatic nitrogens is 2. The van der Waals surface area contributed by atoms with Crippen molar-refractivity contribution in [3.05, 3.63) is 47.9 Å². The number of nitrogens with zero attached hydrogens (tertiary/aromatic N) is 2. The van der Waals surface area contributed by atoms with E-state index in [1.165, 1.54) is 51.7 Å². The van der Waals surface area contributed by atoms with Crippen LogP contribution in [-0.4, -0.2) is 44.1 Å². The second-order valence-electron chi connectivity index (χ2n) is 5.93. The zero-order chi connectivity index (χ0) is 22.4. The van der Waals surface area contributed by atoms with E-state index in [1.807, 2.05) is 0 Å². The molecule has 3 aromatic rings. The zero-order valence-corrected chi connectivity index (χ0v) is 16.8. The summed E-state index contributed by atoms with van der Waals surface area (Å²) in [4.78, 5) is 16.5. The third-order valence-corrected chi connectivity index (χ3v) is 4.02. The summed E-state index contributed by atoms with van der Waals surface area (Å²) >= 11 is 0. The van der Waals surface area contributed by atoms with Gasteiger partial charge in [0.25, 0.3) is 5.89 Å². The predicted octanol–water partition coefficient (Wildman–Crippen LogP) is 3.72. The molecule has 1 heterocycles. The molecule has 1 aromatic heterocycles. The molecule has 0 N–H and O–H groups in total. The molecule has 0 aliphatic carbocycles. The molecule has 0 saturated carbocycles. The summed E-state index contributed by atoms with van der Waals surface area (Å²) < 4.78 is 54.8. The van der Waals surface area contributed by atoms with Gasteiger partial charge < -0.3 is 28.2 Å². The Bertz CT molecular complexity index is 1030. The number of hydrogen-bond acceptors (Lipinski definition) is 9. The second-order valence-corrected chi connectivity index (χ2v) is 5.93. The molecule has 0 aliphatic heterocycles. The van der Waals surface area contributed by atoms with Gasteiger partial charge in [0.15, 0.2) is 18.1 Å². The Morgan fingerprint density at radius 2 is 1.71 bits per heavy atom. The van der Waals surface area contributed by atoms with Crippen molar-refractivity contribution in [2.24, 2.45) is 0 Å². The molecule has 0 fully saturated rings. The monoisotopic (exact) mass is 436 g/mol. The molecule has 2 aromatic carbocycles. The molecule has 9 nitrogen and oxygen atoms in total. The first kappa shape index (κ1) is 21.8. The predicted molar refractivity (Wildman–Crippen MR) is 102 cm³/mol. The van der Waals surface area contributed by atoms with Crippen LogP contribution in [0.25, 0.3) is 11.4 Å². The maximum atomic E-state index is 12.4. The van der Waals surface area contributed by atoms with Gasteiger partial charge in [-0.25, -0.2) is 4.79 Å². The normalized spacial score (nSPS) is 10.6. The average Bonchev–Trinajstić information content (AvgIpc) is 3.26. The van der Waals surface area contributed by atoms with Crippen LogP contribution in [0.1, 0.15) is 16.2 Å². The van der Waals surface area contributed by atoms with Crippen molar-refractivity contribution < 1.29 is 41.8 Å². The highest BCUT2D eigenvalue weighted by Gasteiger charge is 2.17. The van der Waals surface area contributed by atoms with Crippen molar-refractivity contribution in [2.75, 3.05) is 21.3 Å². The molecule has 0 spiro atoms. The Morgan fingerprint density at radius 1 is 1.00 bits per heavy atom. The highest BCUT2D eigenvalue weighted by Crippen LogP contribution is 2.32. The highest BCUT2D eigenvalue weighted by atomic mass is 19.3. The molecule has 0 radical (unpaired) electrons. The minimum Gasteiger partial charge on any atom is -0.497 e. The third kappa shape index (κ3) is 5.38. The largest absolute Gasteiger partial charge is 0.497 e. The summed E-state index contributed by atoms with van der Waals surface area (Å²) in [7, 11) is 4.24. The smallest absolute Gasteiger partial charge is 0.387 e. The highest BCUT2D eigenvalue weighted by molar-refractivity contribution is 5.90. The van der Waals surface area contributed by atoms with Crippen LogP contribution in [0.4, 0.5) is 8.78 Å². The van der Waals surface area contributed by atoms with Crippen LogP contribution < -0.4 is 18.9 Å². The second kappa shape index (κ2) is 9.74. The lowest BCUT2D eigenvalue weighted by molar-refractivity contribution is -0.0512. The molecule has 0 aliphatic rings. The Kier molecular flexibility index (Phi) is 6.85. The van der Waals surface area contributed by atoms with Crippen LogP contribution >= 0.6 is 0 Å². The number of benzene rings is 2. The first-order valence-electron chi connectivity index (χ1n) is 8.79. The molecule has 0 amide bonds. The van der Waals surface area contributed by atoms with Gasteiger partial charge in [0.2, 0.25) is 5.82 Å². The first-order valence-corrected chi connectivity index (χ1v) is 8.79. The molecule has 0 saturated heterocycles. The number of halogens is 2. The number of methoxy groups -OCH3 is 3. The Morgan fingerprint density at radius 3 is 2.32 bits per heavy atom. The van der Waals surface area contributed by atoms with Gasteiger partial charge in [-0.1, -0.05) is 5.16 Å². The summed E-state index contributed by atoms with van der Waals surface area (Å²) in [5, 5.41) is 3.80. The van der Waals surface area contributed by atoms with Gasteiger partial charge in [0.05, 0.1) is 26.9 Å². The van der Waals surface area contributed by atoms with Crippen LogP contribution in [-0.2, 0) is 11.3 Å². The van der Waals surface area contributed by atoms with E-state index in [-0.39, 0.29) is 35.4 Å². The number of alkyl halides is 2. The molecule has 0 unspecified atom stereocenters. The van der Waals surface area contributed by atoms with Gasteiger partial charge in [-0.2, -0.15) is 13.8 Å². The summed E-state index contributed by atoms with van der Waals surface area (Å²) in [6, 6.07) is 8.79. The minimum atomic E-state index is -2.99. The maximum absolute atomic E-state index is 12.4. The fourth-order valence-corrected chi connectivity index (χ4v) is 2.57. The van der Waals surface area contributed by atoms with E-state index in [4.69, 9.17) is 23.5 Å². The van der Waals surface area contributed by atoms with E-state index in [0.717, 1.165) is 0 Å². The molecule has 164 valence electrons. The van der Waals surface area contributed by atoms with Crippen molar-refractivity contribution in [2.45, 2.75) is 13.2 Å². The fourth-order valence-electron chi connectivity index (χ4n) is 2.57. The molecular weight excluding hydrogens is 418 g/mol. The number of rotatable bonds is 9. The van der Waals surface area contributed by atoms with E-state index in [0.29, 0.717) is 17.1 Å². The molecular formula is C20H18F2N2O7. The van der Waals surface area contributed by atoms with E-state index in [9.17, 15) is 13.6 Å². The zero-order valence-electron chi connectivity index (χ0n) is 16.8. The quantitative estimate of drug-likeness (QED) is 0.464. The number of hydrogen-bond donors (Lipinski definition) is 0. The number of ether oxygens (including phenoxy) is 5. The third-order valence-electron chi connectivity index (χ3n) is 4.02. The van der Waals surface area contributed by atoms with E-state index in [1.54, 1.807) is 6.07 Å². The van der Waals surface area contributed by atoms with Gasteiger partial charge in [-0.15, -0.1) is 0 Å². The van der Waals surface area contributed by atoms with Gasteiger partial charge in [-0.3, -0.25) is 0 Å². The van der Waals surface area contributed by atoms with Crippen LogP contribution in [0.5, 0.6) is 23.0 Å². The van der Waals surface area contributed by atoms with Crippen molar-refractivity contribution in [3.63, 3.8) is 0 Å². The molecule has 11 heteroatoms. The lowest BCUT2D eigenvalue weighted by Crippen LogP contribution is -2.06. The Balaban J connectivity index is 1.70. The van der Waals surface area contributed by atoms with Crippen LogP contribution in [0.2, 0.25) is 0 Å². The standard InChI is InChI=1S/C20H18F2N2O7/c1-26-13-6-12(7-14(9-13)27-2)19(25)29-10-17-23-18(24-31-17)11-4-5-15(30-20(21)22)16(8-11)28-3/h4-9,20H,10H2,1-3H3. The summed E-state index contributed by atoms with van der Waals surface area (Å²) in [5.41, 5.74) is 0.646. The van der Waals surface area contributed by atoms with Crippen molar-refractivity contribution in [1.29, 1.82) is 0 Å². The lowest BCUT2D eigenvalue weighted by atomic mass is 10.2. The van der Waals surface area contributed by atoms with E-state index >= 15 is 0 Å². The van der Waals surface area contributed by atoms with Crippen LogP contribution in [0.3, 0.4) is 0 Å². The molecule has 3 rings (SSSR count). The van der Waals surface area contributed by atoms with Crippen molar-refractivity contribution >= 4 is 5.97 Å². The molecule has 31 heavy (non-hydrogen) atoms. The fraction of sp³-hybridized carbons (Fsp3) is 0.250. The number of esters is 1. The van der Waals surface area contributed by atoms with Gasteiger partial charge >= 0.3 is 12.6 Å². The molecule has 0 bridgehead atoms. The first-order chi connectivity index (χ1) is 14.9. The lowest BCUT2D eigenvalue weighted by Gasteiger charge is -2.10. The van der Waals surface area contributed by atoms with Gasteiger partial charge in [0, 0.05) is 11.6 Å². The van der Waals surface area contributed by atoms with Gasteiger partial charge in [-0.05, 0) is 30.3 Å². The summed E-state index contributed by atoms with van der Waals surface area (Å²) in [6.45, 7) is -3.27. The SMILES string of the molecule is COc1cc(OC)cc(C(=O)OCc2nc(-c3ccc(OC(F)F)c(OC)c3)no2)c1. The Hall–Kier alpha value is -3.89. The number of carbonyl (C=O) groups is 1. The summed E-state index contributed by atoms with van der Waals surface area (Å²) in [6.07, 6.45) is 0. The Labute approximate surface area is 175 Å². The minimum absolute atomic E-state index is 0.0325. The number of carbonyl (C=O) groups excluding carboxylic acids is 1. The summed E-state index contributed by atoms with van der Waals surface area (Å²) in [5.74, 6) is 0.336. The van der Waals surface area contributed by atoms with E-state index in [2.05, 4.69) is 14.9 Å². The van der Waals surface area contributed by atoms with Crippen LogP contribution in [0, 0.1) is 0 Å². The van der Waals surface area contributed by atoms with Crippen molar-refractivity contribution in [1.82, 2.24) is 10.1 Å².